The Kier molecular flexibility index (Phi) is 3.05. The molecule has 0 aromatic heterocycles. The van der Waals surface area contributed by atoms with Crippen LogP contribution in [0.5, 0.6) is 0 Å². The van der Waals surface area contributed by atoms with Gasteiger partial charge in [-0.25, -0.2) is 8.42 Å². The average Bonchev–Trinajstić information content (AvgIpc) is 2.54. The highest BCUT2D eigenvalue weighted by molar-refractivity contribution is 7.91. The standard InChI is InChI=1S/C12H14O4S/c13-8-11-3-1-10(2-4-11)7-12(14)5-6-17(15,16)9-12/h1-4,8,14H,5-7,9H2. The lowest BCUT2D eigenvalue weighted by Crippen LogP contribution is -2.32. The van der Waals surface area contributed by atoms with E-state index in [4.69, 9.17) is 0 Å². The highest BCUT2D eigenvalue weighted by Crippen LogP contribution is 2.27. The highest BCUT2D eigenvalue weighted by atomic mass is 32.2. The van der Waals surface area contributed by atoms with E-state index in [9.17, 15) is 18.3 Å². The van der Waals surface area contributed by atoms with Gasteiger partial charge in [0.1, 0.15) is 6.29 Å². The van der Waals surface area contributed by atoms with E-state index in [2.05, 4.69) is 0 Å². The molecule has 17 heavy (non-hydrogen) atoms. The lowest BCUT2D eigenvalue weighted by Gasteiger charge is -2.20. The molecule has 1 aliphatic rings. The van der Waals surface area contributed by atoms with Crippen LogP contribution in [-0.4, -0.2) is 36.9 Å². The number of sulfone groups is 1. The van der Waals surface area contributed by atoms with Crippen LogP contribution in [0.4, 0.5) is 0 Å². The Hall–Kier alpha value is -1.20. The minimum atomic E-state index is -3.09. The summed E-state index contributed by atoms with van der Waals surface area (Å²) in [5, 5.41) is 10.2. The van der Waals surface area contributed by atoms with Crippen molar-refractivity contribution in [1.29, 1.82) is 0 Å². The van der Waals surface area contributed by atoms with Crippen molar-refractivity contribution in [1.82, 2.24) is 0 Å². The smallest absolute Gasteiger partial charge is 0.153 e. The Morgan fingerprint density at radius 1 is 1.29 bits per heavy atom. The van der Waals surface area contributed by atoms with Gasteiger partial charge >= 0.3 is 0 Å². The third kappa shape index (κ3) is 2.92. The Morgan fingerprint density at radius 3 is 2.41 bits per heavy atom. The summed E-state index contributed by atoms with van der Waals surface area (Å²) in [6.07, 6.45) is 1.34. The molecule has 0 spiro atoms. The van der Waals surface area contributed by atoms with Gasteiger partial charge in [0, 0.05) is 12.0 Å². The van der Waals surface area contributed by atoms with Gasteiger partial charge in [0.15, 0.2) is 9.84 Å². The summed E-state index contributed by atoms with van der Waals surface area (Å²) < 4.78 is 22.7. The molecule has 5 heteroatoms. The van der Waals surface area contributed by atoms with Crippen LogP contribution in [0.15, 0.2) is 24.3 Å². The molecule has 1 atom stereocenters. The van der Waals surface area contributed by atoms with Crippen LogP contribution in [0.25, 0.3) is 0 Å². The molecule has 1 heterocycles. The first-order valence-corrected chi connectivity index (χ1v) is 7.22. The van der Waals surface area contributed by atoms with Crippen molar-refractivity contribution in [3.8, 4) is 0 Å². The molecular weight excluding hydrogens is 240 g/mol. The summed E-state index contributed by atoms with van der Waals surface area (Å²) in [5.74, 6) is -0.120. The topological polar surface area (TPSA) is 71.4 Å². The summed E-state index contributed by atoms with van der Waals surface area (Å²) in [4.78, 5) is 10.5. The second-order valence-electron chi connectivity index (χ2n) is 4.60. The van der Waals surface area contributed by atoms with E-state index < -0.39 is 15.4 Å². The predicted molar refractivity (Wildman–Crippen MR) is 63.8 cm³/mol. The Labute approximate surface area is 100 Å². The van der Waals surface area contributed by atoms with Crippen molar-refractivity contribution in [2.24, 2.45) is 0 Å². The fourth-order valence-electron chi connectivity index (χ4n) is 2.13. The molecule has 1 fully saturated rings. The van der Waals surface area contributed by atoms with Crippen LogP contribution >= 0.6 is 0 Å². The summed E-state index contributed by atoms with van der Waals surface area (Å²) in [6, 6.07) is 6.81. The third-order valence-corrected chi connectivity index (χ3v) is 4.82. The molecule has 1 N–H and O–H groups in total. The van der Waals surface area contributed by atoms with E-state index >= 15 is 0 Å². The molecule has 1 saturated heterocycles. The quantitative estimate of drug-likeness (QED) is 0.801. The molecule has 0 bridgehead atoms. The van der Waals surface area contributed by atoms with Gasteiger partial charge in [0.25, 0.3) is 0 Å². The number of hydrogen-bond donors (Lipinski definition) is 1. The van der Waals surface area contributed by atoms with Crippen molar-refractivity contribution in [2.75, 3.05) is 11.5 Å². The highest BCUT2D eigenvalue weighted by Gasteiger charge is 2.40. The van der Waals surface area contributed by atoms with E-state index in [1.54, 1.807) is 24.3 Å². The van der Waals surface area contributed by atoms with E-state index in [1.807, 2.05) is 0 Å². The van der Waals surface area contributed by atoms with Crippen molar-refractivity contribution in [2.45, 2.75) is 18.4 Å². The first-order chi connectivity index (χ1) is 7.92. The fourth-order valence-corrected chi connectivity index (χ4v) is 4.03. The maximum Gasteiger partial charge on any atom is 0.153 e. The van der Waals surface area contributed by atoms with Crippen LogP contribution in [0.3, 0.4) is 0 Å². The van der Waals surface area contributed by atoms with Crippen LogP contribution in [0, 0.1) is 0 Å². The molecule has 2 rings (SSSR count). The molecule has 1 aliphatic heterocycles. The summed E-state index contributed by atoms with van der Waals surface area (Å²) in [7, 11) is -3.09. The number of carbonyl (C=O) groups excluding carboxylic acids is 1. The normalized spacial score (nSPS) is 26.9. The lowest BCUT2D eigenvalue weighted by molar-refractivity contribution is 0.0682. The zero-order valence-corrected chi connectivity index (χ0v) is 10.1. The number of benzene rings is 1. The third-order valence-electron chi connectivity index (χ3n) is 3.02. The van der Waals surface area contributed by atoms with Crippen LogP contribution in [-0.2, 0) is 16.3 Å². The van der Waals surface area contributed by atoms with Crippen LogP contribution in [0.2, 0.25) is 0 Å². The first-order valence-electron chi connectivity index (χ1n) is 5.39. The van der Waals surface area contributed by atoms with Crippen LogP contribution < -0.4 is 0 Å². The van der Waals surface area contributed by atoms with E-state index in [0.29, 0.717) is 12.0 Å². The minimum absolute atomic E-state index is 0.0515. The zero-order valence-electron chi connectivity index (χ0n) is 9.30. The predicted octanol–water partition coefficient (Wildman–Crippen LogP) is 0.591. The van der Waals surface area contributed by atoms with Crippen molar-refractivity contribution in [3.63, 3.8) is 0 Å². The molecule has 1 aromatic carbocycles. The molecule has 0 aliphatic carbocycles. The molecule has 4 nitrogen and oxygen atoms in total. The van der Waals surface area contributed by atoms with E-state index in [0.717, 1.165) is 11.8 Å². The SMILES string of the molecule is O=Cc1ccc(CC2(O)CCS(=O)(=O)C2)cc1. The van der Waals surface area contributed by atoms with Gasteiger partial charge in [-0.2, -0.15) is 0 Å². The first kappa shape index (κ1) is 12.3. The minimum Gasteiger partial charge on any atom is -0.388 e. The summed E-state index contributed by atoms with van der Waals surface area (Å²) in [6.45, 7) is 0. The van der Waals surface area contributed by atoms with Gasteiger partial charge in [-0.15, -0.1) is 0 Å². The van der Waals surface area contributed by atoms with Gasteiger partial charge in [-0.1, -0.05) is 24.3 Å². The second kappa shape index (κ2) is 4.23. The number of aliphatic hydroxyl groups is 1. The molecule has 92 valence electrons. The maximum atomic E-state index is 11.3. The monoisotopic (exact) mass is 254 g/mol. The molecule has 0 radical (unpaired) electrons. The Morgan fingerprint density at radius 2 is 1.94 bits per heavy atom. The maximum absolute atomic E-state index is 11.3. The molecule has 1 aromatic rings. The molecular formula is C12H14O4S. The van der Waals surface area contributed by atoms with Crippen LogP contribution in [0.1, 0.15) is 22.3 Å². The van der Waals surface area contributed by atoms with Gasteiger partial charge in [-0.05, 0) is 12.0 Å². The number of aldehydes is 1. The average molecular weight is 254 g/mol. The molecule has 0 amide bonds. The largest absolute Gasteiger partial charge is 0.388 e. The second-order valence-corrected chi connectivity index (χ2v) is 6.79. The summed E-state index contributed by atoms with van der Waals surface area (Å²) in [5.41, 5.74) is 0.261. The zero-order chi connectivity index (χ0) is 12.5. The number of carbonyl (C=O) groups is 1. The van der Waals surface area contributed by atoms with Gasteiger partial charge in [0.05, 0.1) is 17.1 Å². The Balaban J connectivity index is 2.13. The van der Waals surface area contributed by atoms with Gasteiger partial charge < -0.3 is 5.11 Å². The van der Waals surface area contributed by atoms with Crippen molar-refractivity contribution < 1.29 is 18.3 Å². The number of hydrogen-bond acceptors (Lipinski definition) is 4. The van der Waals surface area contributed by atoms with Crippen molar-refractivity contribution in [3.05, 3.63) is 35.4 Å². The fraction of sp³-hybridized carbons (Fsp3) is 0.417. The number of rotatable bonds is 3. The van der Waals surface area contributed by atoms with E-state index in [1.165, 1.54) is 0 Å². The Bertz CT molecular complexity index is 518. The van der Waals surface area contributed by atoms with Crippen molar-refractivity contribution >= 4 is 16.1 Å². The summed E-state index contributed by atoms with van der Waals surface area (Å²) >= 11 is 0. The van der Waals surface area contributed by atoms with E-state index in [-0.39, 0.29) is 17.9 Å². The van der Waals surface area contributed by atoms with Gasteiger partial charge in [-0.3, -0.25) is 4.79 Å². The van der Waals surface area contributed by atoms with Gasteiger partial charge in [0.2, 0.25) is 0 Å². The molecule has 0 saturated carbocycles. The lowest BCUT2D eigenvalue weighted by atomic mass is 9.94. The molecule has 1 unspecified atom stereocenters.